The summed E-state index contributed by atoms with van der Waals surface area (Å²) in [7, 11) is -2.26. The average Bonchev–Trinajstić information content (AvgIpc) is 3.39. The van der Waals surface area contributed by atoms with Gasteiger partial charge in [-0.1, -0.05) is 23.7 Å². The zero-order valence-electron chi connectivity index (χ0n) is 17.7. The number of rotatable bonds is 8. The lowest BCUT2D eigenvalue weighted by Gasteiger charge is -2.08. The van der Waals surface area contributed by atoms with Crippen LogP contribution in [0, 0.1) is 0 Å². The second-order valence-electron chi connectivity index (χ2n) is 7.41. The molecular formula is C23H21ClO7S2. The van der Waals surface area contributed by atoms with Crippen molar-refractivity contribution in [2.24, 2.45) is 0 Å². The third-order valence-electron chi connectivity index (χ3n) is 5.13. The Labute approximate surface area is 200 Å². The zero-order valence-corrected chi connectivity index (χ0v) is 20.1. The number of phenols is 1. The number of ether oxygens (including phenoxy) is 3. The van der Waals surface area contributed by atoms with Gasteiger partial charge in [-0.05, 0) is 47.0 Å². The summed E-state index contributed by atoms with van der Waals surface area (Å²) in [6.07, 6.45) is 0.801. The first-order chi connectivity index (χ1) is 15.8. The molecule has 1 aliphatic heterocycles. The summed E-state index contributed by atoms with van der Waals surface area (Å²) < 4.78 is 41.9. The van der Waals surface area contributed by atoms with Crippen LogP contribution in [-0.2, 0) is 31.5 Å². The Balaban J connectivity index is 1.53. The van der Waals surface area contributed by atoms with Gasteiger partial charge in [0.1, 0.15) is 32.2 Å². The fraction of sp³-hybridized carbons (Fsp3) is 0.261. The van der Waals surface area contributed by atoms with Crippen molar-refractivity contribution in [3.63, 3.8) is 0 Å². The van der Waals surface area contributed by atoms with E-state index >= 15 is 0 Å². The van der Waals surface area contributed by atoms with Crippen LogP contribution < -0.4 is 4.74 Å². The molecule has 1 aliphatic rings. The van der Waals surface area contributed by atoms with Crippen LogP contribution in [0.5, 0.6) is 11.5 Å². The van der Waals surface area contributed by atoms with Gasteiger partial charge in [0.2, 0.25) is 0 Å². The van der Waals surface area contributed by atoms with Gasteiger partial charge in [0.15, 0.2) is 9.84 Å². The third kappa shape index (κ3) is 5.16. The standard InChI is InChI=1S/C23H21ClO7S2/c1-29-8-9-31-23(26)17-4-2-14(10-19(17)25)13-33(27,28)21-12-18(22(24)32-21)15-3-5-20-16(11-15)6-7-30-20/h2-5,10-12,25H,6-9,13H2,1H3. The number of carbonyl (C=O) groups is 1. The average molecular weight is 509 g/mol. The minimum Gasteiger partial charge on any atom is -0.507 e. The highest BCUT2D eigenvalue weighted by Crippen LogP contribution is 2.40. The van der Waals surface area contributed by atoms with Gasteiger partial charge in [0.25, 0.3) is 0 Å². The Hall–Kier alpha value is -2.59. The topological polar surface area (TPSA) is 99.1 Å². The number of sulfone groups is 1. The van der Waals surface area contributed by atoms with Crippen molar-refractivity contribution in [3.05, 3.63) is 63.5 Å². The molecule has 0 atom stereocenters. The van der Waals surface area contributed by atoms with Gasteiger partial charge in [-0.2, -0.15) is 0 Å². The van der Waals surface area contributed by atoms with Crippen LogP contribution in [0.1, 0.15) is 21.5 Å². The number of halogens is 1. The van der Waals surface area contributed by atoms with E-state index in [1.54, 1.807) is 6.07 Å². The summed E-state index contributed by atoms with van der Waals surface area (Å²) >= 11 is 7.38. The lowest BCUT2D eigenvalue weighted by atomic mass is 10.0. The maximum absolute atomic E-state index is 13.0. The molecule has 0 radical (unpaired) electrons. The van der Waals surface area contributed by atoms with Gasteiger partial charge in [0.05, 0.1) is 19.0 Å². The Morgan fingerprint density at radius 1 is 1.18 bits per heavy atom. The second kappa shape index (κ2) is 9.72. The van der Waals surface area contributed by atoms with E-state index in [0.717, 1.165) is 34.6 Å². The van der Waals surface area contributed by atoms with Crippen molar-refractivity contribution in [2.75, 3.05) is 26.9 Å². The van der Waals surface area contributed by atoms with Gasteiger partial charge in [-0.3, -0.25) is 0 Å². The van der Waals surface area contributed by atoms with E-state index in [1.165, 1.54) is 25.3 Å². The molecule has 0 aliphatic carbocycles. The first-order valence-corrected chi connectivity index (χ1v) is 12.9. The molecule has 0 bridgehead atoms. The Morgan fingerprint density at radius 2 is 2.00 bits per heavy atom. The number of phenolic OH excluding ortho intramolecular Hbond substituents is 1. The number of esters is 1. The van der Waals surface area contributed by atoms with Crippen molar-refractivity contribution in [2.45, 2.75) is 16.4 Å². The van der Waals surface area contributed by atoms with Crippen molar-refractivity contribution in [3.8, 4) is 22.6 Å². The Kier molecular flexibility index (Phi) is 6.94. The molecule has 174 valence electrons. The molecule has 33 heavy (non-hydrogen) atoms. The monoisotopic (exact) mass is 508 g/mol. The van der Waals surface area contributed by atoms with Crippen molar-refractivity contribution in [1.29, 1.82) is 0 Å². The molecule has 0 saturated carbocycles. The molecular weight excluding hydrogens is 488 g/mol. The fourth-order valence-electron chi connectivity index (χ4n) is 3.48. The Bertz CT molecular complexity index is 1300. The van der Waals surface area contributed by atoms with Crippen molar-refractivity contribution < 1.29 is 32.5 Å². The minimum atomic E-state index is -3.74. The fourth-order valence-corrected chi connectivity index (χ4v) is 6.66. The van der Waals surface area contributed by atoms with E-state index in [9.17, 15) is 18.3 Å². The van der Waals surface area contributed by atoms with E-state index in [-0.39, 0.29) is 34.5 Å². The van der Waals surface area contributed by atoms with Crippen molar-refractivity contribution in [1.82, 2.24) is 0 Å². The quantitative estimate of drug-likeness (QED) is 0.353. The number of hydrogen-bond donors (Lipinski definition) is 1. The van der Waals surface area contributed by atoms with E-state index < -0.39 is 15.8 Å². The summed E-state index contributed by atoms with van der Waals surface area (Å²) in [5.41, 5.74) is 2.83. The molecule has 1 N–H and O–H groups in total. The smallest absolute Gasteiger partial charge is 0.341 e. The highest BCUT2D eigenvalue weighted by Gasteiger charge is 2.23. The number of benzene rings is 2. The summed E-state index contributed by atoms with van der Waals surface area (Å²) in [6.45, 7) is 0.906. The van der Waals surface area contributed by atoms with Crippen LogP contribution in [-0.4, -0.2) is 46.4 Å². The van der Waals surface area contributed by atoms with Gasteiger partial charge in [0, 0.05) is 19.1 Å². The van der Waals surface area contributed by atoms with Gasteiger partial charge in [-0.25, -0.2) is 13.2 Å². The molecule has 7 nitrogen and oxygen atoms in total. The number of thiophene rings is 1. The molecule has 2 aromatic carbocycles. The van der Waals surface area contributed by atoms with Crippen LogP contribution >= 0.6 is 22.9 Å². The van der Waals surface area contributed by atoms with Crippen molar-refractivity contribution >= 4 is 38.7 Å². The molecule has 1 aromatic heterocycles. The summed E-state index contributed by atoms with van der Waals surface area (Å²) in [6, 6.07) is 11.3. The minimum absolute atomic E-state index is 0.0453. The molecule has 4 rings (SSSR count). The van der Waals surface area contributed by atoms with E-state index in [0.29, 0.717) is 22.1 Å². The highest BCUT2D eigenvalue weighted by atomic mass is 35.5. The first kappa shape index (κ1) is 23.6. The largest absolute Gasteiger partial charge is 0.507 e. The summed E-state index contributed by atoms with van der Waals surface area (Å²) in [5.74, 6) is -0.582. The predicted molar refractivity (Wildman–Crippen MR) is 125 cm³/mol. The van der Waals surface area contributed by atoms with E-state index in [4.69, 9.17) is 25.8 Å². The van der Waals surface area contributed by atoms with Gasteiger partial charge in [-0.15, -0.1) is 11.3 Å². The van der Waals surface area contributed by atoms with Crippen LogP contribution in [0.2, 0.25) is 4.34 Å². The maximum atomic E-state index is 13.0. The van der Waals surface area contributed by atoms with Gasteiger partial charge >= 0.3 is 5.97 Å². The molecule has 10 heteroatoms. The van der Waals surface area contributed by atoms with Gasteiger partial charge < -0.3 is 19.3 Å². The number of hydrogen-bond acceptors (Lipinski definition) is 8. The first-order valence-electron chi connectivity index (χ1n) is 10.0. The van der Waals surface area contributed by atoms with E-state index in [1.807, 2.05) is 18.2 Å². The van der Waals surface area contributed by atoms with E-state index in [2.05, 4.69) is 0 Å². The van der Waals surface area contributed by atoms with Crippen LogP contribution in [0.3, 0.4) is 0 Å². The second-order valence-corrected chi connectivity index (χ2v) is 11.3. The number of aromatic hydroxyl groups is 1. The lowest BCUT2D eigenvalue weighted by molar-refractivity contribution is 0.0385. The number of fused-ring (bicyclic) bond motifs is 1. The highest BCUT2D eigenvalue weighted by molar-refractivity contribution is 7.92. The molecule has 0 fully saturated rings. The van der Waals surface area contributed by atoms with Crippen LogP contribution in [0.25, 0.3) is 11.1 Å². The summed E-state index contributed by atoms with van der Waals surface area (Å²) in [5, 5.41) is 10.2. The number of methoxy groups -OCH3 is 1. The SMILES string of the molecule is COCCOC(=O)c1ccc(CS(=O)(=O)c2cc(-c3ccc4c(c3)CCO4)c(Cl)s2)cc1O. The zero-order chi connectivity index (χ0) is 23.6. The Morgan fingerprint density at radius 3 is 2.76 bits per heavy atom. The molecule has 3 aromatic rings. The predicted octanol–water partition coefficient (Wildman–Crippen LogP) is 4.49. The van der Waals surface area contributed by atoms with Crippen LogP contribution in [0.15, 0.2) is 46.7 Å². The summed E-state index contributed by atoms with van der Waals surface area (Å²) in [4.78, 5) is 12.0. The number of carbonyl (C=O) groups excluding carboxylic acids is 1. The van der Waals surface area contributed by atoms with Crippen LogP contribution in [0.4, 0.5) is 0 Å². The maximum Gasteiger partial charge on any atom is 0.341 e. The molecule has 0 saturated heterocycles. The normalized spacial score (nSPS) is 12.9. The lowest BCUT2D eigenvalue weighted by Crippen LogP contribution is -2.10. The molecule has 0 spiro atoms. The molecule has 2 heterocycles. The third-order valence-corrected chi connectivity index (χ3v) is 8.74. The molecule has 0 amide bonds. The molecule has 0 unspecified atom stereocenters.